The van der Waals surface area contributed by atoms with Crippen molar-refractivity contribution in [2.24, 2.45) is 0 Å². The van der Waals surface area contributed by atoms with Gasteiger partial charge in [-0.2, -0.15) is 0 Å². The van der Waals surface area contributed by atoms with Gasteiger partial charge in [0.2, 0.25) is 10.0 Å². The molecule has 0 radical (unpaired) electrons. The number of ether oxygens (including phenoxy) is 1. The lowest BCUT2D eigenvalue weighted by molar-refractivity contribution is 0.267. The van der Waals surface area contributed by atoms with Crippen molar-refractivity contribution in [3.8, 4) is 5.75 Å². The number of hydrogen-bond acceptors (Lipinski definition) is 4. The van der Waals surface area contributed by atoms with Crippen LogP contribution in [0.15, 0.2) is 23.1 Å². The predicted molar refractivity (Wildman–Crippen MR) is 83.2 cm³/mol. The van der Waals surface area contributed by atoms with Crippen molar-refractivity contribution in [3.05, 3.63) is 23.8 Å². The molecule has 1 fully saturated rings. The highest BCUT2D eigenvalue weighted by Crippen LogP contribution is 2.26. The molecule has 1 aliphatic carbocycles. The Morgan fingerprint density at radius 2 is 2.00 bits per heavy atom. The predicted octanol–water partition coefficient (Wildman–Crippen LogP) is 1.76. The zero-order chi connectivity index (χ0) is 15.6. The van der Waals surface area contributed by atoms with Gasteiger partial charge in [-0.1, -0.05) is 6.42 Å². The Bertz CT molecular complexity index is 599. The fraction of sp³-hybridized carbons (Fsp3) is 0.600. The van der Waals surface area contributed by atoms with E-state index in [4.69, 9.17) is 4.74 Å². The molecule has 0 heterocycles. The van der Waals surface area contributed by atoms with E-state index in [0.717, 1.165) is 19.3 Å². The lowest BCUT2D eigenvalue weighted by atomic mass is 10.2. The Balaban J connectivity index is 2.22. The first-order valence-corrected chi connectivity index (χ1v) is 8.67. The SMILES string of the molecule is COc1ccc(S(=O)(=O)N[C@@H]2CCC[C@H]2N(C)C)c(C)c1. The van der Waals surface area contributed by atoms with E-state index in [2.05, 4.69) is 9.62 Å². The summed E-state index contributed by atoms with van der Waals surface area (Å²) in [6, 6.07) is 5.27. The monoisotopic (exact) mass is 312 g/mol. The van der Waals surface area contributed by atoms with Crippen molar-refractivity contribution >= 4 is 10.0 Å². The molecule has 2 atom stereocenters. The van der Waals surface area contributed by atoms with E-state index in [1.54, 1.807) is 32.2 Å². The summed E-state index contributed by atoms with van der Waals surface area (Å²) in [5.74, 6) is 0.665. The zero-order valence-electron chi connectivity index (χ0n) is 13.1. The van der Waals surface area contributed by atoms with Crippen LogP contribution in [0.25, 0.3) is 0 Å². The topological polar surface area (TPSA) is 58.6 Å². The maximum Gasteiger partial charge on any atom is 0.241 e. The fourth-order valence-corrected chi connectivity index (χ4v) is 4.54. The van der Waals surface area contributed by atoms with Crippen LogP contribution in [-0.4, -0.2) is 46.6 Å². The fourth-order valence-electron chi connectivity index (χ4n) is 3.01. The number of rotatable bonds is 5. The molecule has 118 valence electrons. The highest BCUT2D eigenvalue weighted by Gasteiger charge is 2.32. The second-order valence-corrected chi connectivity index (χ2v) is 7.50. The lowest BCUT2D eigenvalue weighted by Crippen LogP contribution is -2.46. The molecular weight excluding hydrogens is 288 g/mol. The molecule has 5 nitrogen and oxygen atoms in total. The van der Waals surface area contributed by atoms with Gasteiger partial charge >= 0.3 is 0 Å². The van der Waals surface area contributed by atoms with Gasteiger partial charge in [-0.25, -0.2) is 13.1 Å². The minimum absolute atomic E-state index is 0.0218. The molecule has 0 aliphatic heterocycles. The van der Waals surface area contributed by atoms with Crippen LogP contribution >= 0.6 is 0 Å². The number of benzene rings is 1. The summed E-state index contributed by atoms with van der Waals surface area (Å²) >= 11 is 0. The van der Waals surface area contributed by atoms with Crippen LogP contribution in [0.2, 0.25) is 0 Å². The zero-order valence-corrected chi connectivity index (χ0v) is 13.9. The molecule has 1 aliphatic rings. The van der Waals surface area contributed by atoms with Crippen LogP contribution < -0.4 is 9.46 Å². The van der Waals surface area contributed by atoms with E-state index >= 15 is 0 Å². The van der Waals surface area contributed by atoms with E-state index in [-0.39, 0.29) is 12.1 Å². The third-order valence-corrected chi connectivity index (χ3v) is 5.77. The second-order valence-electron chi connectivity index (χ2n) is 5.82. The van der Waals surface area contributed by atoms with Crippen molar-refractivity contribution in [1.29, 1.82) is 0 Å². The van der Waals surface area contributed by atoms with Gasteiger partial charge < -0.3 is 9.64 Å². The van der Waals surface area contributed by atoms with Gasteiger partial charge in [-0.05, 0) is 57.6 Å². The molecule has 0 amide bonds. The molecule has 2 rings (SSSR count). The minimum atomic E-state index is -3.50. The first-order valence-electron chi connectivity index (χ1n) is 7.18. The standard InChI is InChI=1S/C15H24N2O3S/c1-11-10-12(20-4)8-9-15(11)21(18,19)16-13-6-5-7-14(13)17(2)3/h8-10,13-14,16H,5-7H2,1-4H3/t13-,14-/m1/s1. The van der Waals surface area contributed by atoms with E-state index in [0.29, 0.717) is 16.2 Å². The number of nitrogens with one attached hydrogen (secondary N) is 1. The van der Waals surface area contributed by atoms with Crippen LogP contribution in [0.1, 0.15) is 24.8 Å². The third kappa shape index (κ3) is 3.56. The molecule has 1 saturated carbocycles. The molecule has 1 aromatic rings. The van der Waals surface area contributed by atoms with E-state index in [1.807, 2.05) is 14.1 Å². The number of sulfonamides is 1. The van der Waals surface area contributed by atoms with Crippen LogP contribution in [0.3, 0.4) is 0 Å². The average Bonchev–Trinajstić information content (AvgIpc) is 2.85. The molecule has 0 spiro atoms. The highest BCUT2D eigenvalue weighted by molar-refractivity contribution is 7.89. The normalized spacial score (nSPS) is 22.7. The van der Waals surface area contributed by atoms with E-state index in [9.17, 15) is 8.42 Å². The third-order valence-electron chi connectivity index (χ3n) is 4.12. The largest absolute Gasteiger partial charge is 0.497 e. The Morgan fingerprint density at radius 1 is 1.29 bits per heavy atom. The maximum atomic E-state index is 12.6. The van der Waals surface area contributed by atoms with Gasteiger partial charge in [0.1, 0.15) is 5.75 Å². The Labute approximate surface area is 127 Å². The average molecular weight is 312 g/mol. The number of nitrogens with zero attached hydrogens (tertiary/aromatic N) is 1. The van der Waals surface area contributed by atoms with Gasteiger partial charge in [0, 0.05) is 12.1 Å². The maximum absolute atomic E-state index is 12.6. The van der Waals surface area contributed by atoms with Crippen molar-refractivity contribution in [2.45, 2.75) is 43.2 Å². The smallest absolute Gasteiger partial charge is 0.241 e. The number of hydrogen-bond donors (Lipinski definition) is 1. The molecular formula is C15H24N2O3S. The van der Waals surface area contributed by atoms with Crippen molar-refractivity contribution in [3.63, 3.8) is 0 Å². The molecule has 1 aromatic carbocycles. The van der Waals surface area contributed by atoms with Crippen LogP contribution in [0.4, 0.5) is 0 Å². The summed E-state index contributed by atoms with van der Waals surface area (Å²) in [5.41, 5.74) is 0.696. The Morgan fingerprint density at radius 3 is 2.57 bits per heavy atom. The number of likely N-dealkylation sites (N-methyl/N-ethyl adjacent to an activating group) is 1. The van der Waals surface area contributed by atoms with E-state index in [1.165, 1.54) is 0 Å². The molecule has 0 aromatic heterocycles. The summed E-state index contributed by atoms with van der Waals surface area (Å²) < 4.78 is 33.2. The number of methoxy groups -OCH3 is 1. The summed E-state index contributed by atoms with van der Waals surface area (Å²) in [4.78, 5) is 2.42. The summed E-state index contributed by atoms with van der Waals surface area (Å²) in [5, 5.41) is 0. The molecule has 0 bridgehead atoms. The Kier molecular flexibility index (Phi) is 4.91. The number of aryl methyl sites for hydroxylation is 1. The first-order chi connectivity index (χ1) is 9.85. The van der Waals surface area contributed by atoms with Gasteiger partial charge in [-0.15, -0.1) is 0 Å². The minimum Gasteiger partial charge on any atom is -0.497 e. The molecule has 0 unspecified atom stereocenters. The first kappa shape index (κ1) is 16.3. The van der Waals surface area contributed by atoms with Crippen molar-refractivity contribution < 1.29 is 13.2 Å². The van der Waals surface area contributed by atoms with Crippen LogP contribution in [0, 0.1) is 6.92 Å². The Hall–Kier alpha value is -1.11. The van der Waals surface area contributed by atoms with Gasteiger partial charge in [0.15, 0.2) is 0 Å². The van der Waals surface area contributed by atoms with Gasteiger partial charge in [-0.3, -0.25) is 0 Å². The second kappa shape index (κ2) is 6.34. The quantitative estimate of drug-likeness (QED) is 0.900. The van der Waals surface area contributed by atoms with Gasteiger partial charge in [0.05, 0.1) is 12.0 Å². The van der Waals surface area contributed by atoms with E-state index < -0.39 is 10.0 Å². The summed E-state index contributed by atoms with van der Waals surface area (Å²) in [7, 11) is 2.06. The summed E-state index contributed by atoms with van der Waals surface area (Å²) in [6.07, 6.45) is 2.97. The molecule has 1 N–H and O–H groups in total. The molecule has 6 heteroatoms. The molecule has 21 heavy (non-hydrogen) atoms. The van der Waals surface area contributed by atoms with Crippen molar-refractivity contribution in [1.82, 2.24) is 9.62 Å². The summed E-state index contributed by atoms with van der Waals surface area (Å²) in [6.45, 7) is 1.79. The lowest BCUT2D eigenvalue weighted by Gasteiger charge is -2.27. The van der Waals surface area contributed by atoms with Crippen LogP contribution in [-0.2, 0) is 10.0 Å². The van der Waals surface area contributed by atoms with Crippen LogP contribution in [0.5, 0.6) is 5.75 Å². The highest BCUT2D eigenvalue weighted by atomic mass is 32.2. The van der Waals surface area contributed by atoms with Crippen molar-refractivity contribution in [2.75, 3.05) is 21.2 Å². The van der Waals surface area contributed by atoms with Gasteiger partial charge in [0.25, 0.3) is 0 Å². The molecule has 0 saturated heterocycles.